The lowest BCUT2D eigenvalue weighted by Crippen LogP contribution is -2.27. The van der Waals surface area contributed by atoms with Gasteiger partial charge in [-0.05, 0) is 23.8 Å². The van der Waals surface area contributed by atoms with Crippen LogP contribution in [0, 0.1) is 4.91 Å². The zero-order chi connectivity index (χ0) is 9.42. The summed E-state index contributed by atoms with van der Waals surface area (Å²) in [6.45, 7) is 0.176. The lowest BCUT2D eigenvalue weighted by molar-refractivity contribution is -0.452. The molecule has 0 radical (unpaired) electrons. The number of carbonyl (C=O) groups excluding carboxylic acids is 1. The highest BCUT2D eigenvalue weighted by Crippen LogP contribution is 2.20. The van der Waals surface area contributed by atoms with E-state index >= 15 is 0 Å². The van der Waals surface area contributed by atoms with Crippen molar-refractivity contribution >= 4 is 5.91 Å². The average molecular weight is 178 g/mol. The van der Waals surface area contributed by atoms with Crippen molar-refractivity contribution in [2.75, 3.05) is 6.54 Å². The molecule has 1 aromatic carbocycles. The molecule has 1 N–H and O–H groups in total. The predicted molar refractivity (Wildman–Crippen MR) is 44.6 cm³/mol. The third-order valence-corrected chi connectivity index (χ3v) is 2.13. The first-order chi connectivity index (χ1) is 6.18. The quantitative estimate of drug-likeness (QED) is 0.599. The highest BCUT2D eigenvalue weighted by Gasteiger charge is 2.32. The van der Waals surface area contributed by atoms with Gasteiger partial charge in [0.15, 0.2) is 0 Å². The van der Waals surface area contributed by atoms with Gasteiger partial charge in [0.2, 0.25) is 6.54 Å². The molecule has 4 heteroatoms. The summed E-state index contributed by atoms with van der Waals surface area (Å²) in [5, 5.41) is 9.14. The molecule has 0 unspecified atom stereocenters. The number of carbonyl (C=O) groups is 1. The van der Waals surface area contributed by atoms with E-state index in [2.05, 4.69) is 0 Å². The molecule has 1 aliphatic rings. The minimum absolute atomic E-state index is 0.130. The van der Waals surface area contributed by atoms with E-state index in [1.54, 1.807) is 0 Å². The van der Waals surface area contributed by atoms with Gasteiger partial charge >= 0.3 is 5.91 Å². The summed E-state index contributed by atoms with van der Waals surface area (Å²) < 4.78 is 0.444. The van der Waals surface area contributed by atoms with E-state index in [-0.39, 0.29) is 12.3 Å². The molecule has 1 aromatic rings. The molecule has 1 aliphatic heterocycles. The number of nitrogens with zero attached hydrogens (tertiary/aromatic N) is 1. The maximum Gasteiger partial charge on any atom is 0.465 e. The minimum Gasteiger partial charge on any atom is -0.508 e. The van der Waals surface area contributed by atoms with Crippen molar-refractivity contribution in [2.24, 2.45) is 0 Å². The number of fused-ring (bicyclic) bond motifs is 1. The Morgan fingerprint density at radius 1 is 1.38 bits per heavy atom. The molecule has 0 fully saturated rings. The van der Waals surface area contributed by atoms with Crippen molar-refractivity contribution in [3.8, 4) is 5.75 Å². The topological polar surface area (TPSA) is 57.4 Å². The zero-order valence-electron chi connectivity index (χ0n) is 6.86. The fourth-order valence-corrected chi connectivity index (χ4v) is 1.45. The standard InChI is InChI=1S/C9H7NO3/c11-7-1-2-8-6(5-7)3-4-10(13)9(8)12/h1-2,5H,3-4H2/p+1. The summed E-state index contributed by atoms with van der Waals surface area (Å²) in [6.07, 6.45) is 0.513. The summed E-state index contributed by atoms with van der Waals surface area (Å²) >= 11 is 0. The van der Waals surface area contributed by atoms with Gasteiger partial charge in [-0.2, -0.15) is 0 Å². The molecule has 4 nitrogen and oxygen atoms in total. The molecule has 0 atom stereocenters. The molecule has 13 heavy (non-hydrogen) atoms. The maximum atomic E-state index is 11.3. The number of aromatic hydroxyl groups is 1. The average Bonchev–Trinajstić information content (AvgIpc) is 2.12. The SMILES string of the molecule is O=C1c2ccc(O)cc2CC[N+]1=O. The Morgan fingerprint density at radius 3 is 2.92 bits per heavy atom. The largest absolute Gasteiger partial charge is 0.508 e. The van der Waals surface area contributed by atoms with Crippen LogP contribution >= 0.6 is 0 Å². The number of rotatable bonds is 0. The molecule has 0 aliphatic carbocycles. The Bertz CT molecular complexity index is 398. The zero-order valence-corrected chi connectivity index (χ0v) is 6.86. The van der Waals surface area contributed by atoms with Crippen LogP contribution in [0.5, 0.6) is 5.75 Å². The second-order valence-corrected chi connectivity index (χ2v) is 3.00. The summed E-state index contributed by atoms with van der Waals surface area (Å²) in [6, 6.07) is 4.42. The molecule has 2 rings (SSSR count). The number of nitroso groups, excluding NO2 is 1. The second kappa shape index (κ2) is 2.65. The van der Waals surface area contributed by atoms with Crippen LogP contribution in [0.15, 0.2) is 18.2 Å². The number of hydrogen-bond donors (Lipinski definition) is 1. The molecule has 66 valence electrons. The van der Waals surface area contributed by atoms with Crippen LogP contribution in [-0.4, -0.2) is 22.3 Å². The normalized spacial score (nSPS) is 15.7. The van der Waals surface area contributed by atoms with Crippen LogP contribution < -0.4 is 0 Å². The number of amides is 1. The van der Waals surface area contributed by atoms with Gasteiger partial charge in [-0.3, -0.25) is 0 Å². The second-order valence-electron chi connectivity index (χ2n) is 3.00. The van der Waals surface area contributed by atoms with E-state index in [0.717, 1.165) is 5.56 Å². The highest BCUT2D eigenvalue weighted by atomic mass is 16.3. The van der Waals surface area contributed by atoms with E-state index in [1.807, 2.05) is 0 Å². The smallest absolute Gasteiger partial charge is 0.465 e. The first kappa shape index (κ1) is 7.91. The molecular formula is C9H8NO3+. The van der Waals surface area contributed by atoms with Crippen molar-refractivity contribution in [2.45, 2.75) is 6.42 Å². The Kier molecular flexibility index (Phi) is 1.62. The van der Waals surface area contributed by atoms with E-state index in [4.69, 9.17) is 5.11 Å². The Hall–Kier alpha value is -1.71. The lowest BCUT2D eigenvalue weighted by Gasteiger charge is -2.07. The molecule has 0 saturated heterocycles. The van der Waals surface area contributed by atoms with Gasteiger partial charge in [0.05, 0.1) is 10.3 Å². The van der Waals surface area contributed by atoms with E-state index in [9.17, 15) is 9.70 Å². The molecule has 0 saturated carbocycles. The monoisotopic (exact) mass is 178 g/mol. The van der Waals surface area contributed by atoms with Crippen molar-refractivity contribution < 1.29 is 14.7 Å². The first-order valence-corrected chi connectivity index (χ1v) is 3.99. The van der Waals surface area contributed by atoms with Gasteiger partial charge in [-0.15, -0.1) is 0 Å². The number of benzene rings is 1. The van der Waals surface area contributed by atoms with Crippen LogP contribution in [0.2, 0.25) is 0 Å². The molecule has 1 heterocycles. The van der Waals surface area contributed by atoms with Crippen LogP contribution in [0.1, 0.15) is 15.9 Å². The van der Waals surface area contributed by atoms with Gasteiger partial charge in [-0.25, -0.2) is 4.79 Å². The maximum absolute atomic E-state index is 11.3. The first-order valence-electron chi connectivity index (χ1n) is 3.99. The van der Waals surface area contributed by atoms with E-state index < -0.39 is 5.91 Å². The molecule has 0 bridgehead atoms. The molecular weight excluding hydrogens is 170 g/mol. The van der Waals surface area contributed by atoms with E-state index in [1.165, 1.54) is 18.2 Å². The van der Waals surface area contributed by atoms with Crippen molar-refractivity contribution in [3.63, 3.8) is 0 Å². The summed E-state index contributed by atoms with van der Waals surface area (Å²) in [7, 11) is 0. The van der Waals surface area contributed by atoms with Gasteiger partial charge in [0, 0.05) is 11.3 Å². The van der Waals surface area contributed by atoms with Crippen LogP contribution in [0.4, 0.5) is 0 Å². The predicted octanol–water partition coefficient (Wildman–Crippen LogP) is 0.867. The summed E-state index contributed by atoms with van der Waals surface area (Å²) in [5.41, 5.74) is 1.15. The van der Waals surface area contributed by atoms with Crippen molar-refractivity contribution in [1.29, 1.82) is 0 Å². The fourth-order valence-electron chi connectivity index (χ4n) is 1.45. The molecule has 0 aromatic heterocycles. The van der Waals surface area contributed by atoms with Gasteiger partial charge in [0.25, 0.3) is 0 Å². The minimum atomic E-state index is -0.513. The number of phenolic OH excluding ortho intramolecular Hbond substituents is 1. The van der Waals surface area contributed by atoms with Crippen LogP contribution in [0.25, 0.3) is 0 Å². The van der Waals surface area contributed by atoms with Gasteiger partial charge < -0.3 is 5.11 Å². The Balaban J connectivity index is 2.56. The van der Waals surface area contributed by atoms with E-state index in [0.29, 0.717) is 16.7 Å². The lowest BCUT2D eigenvalue weighted by atomic mass is 10.0. The summed E-state index contributed by atoms with van der Waals surface area (Å²) in [4.78, 5) is 22.2. The summed E-state index contributed by atoms with van der Waals surface area (Å²) in [5.74, 6) is -0.382. The Morgan fingerprint density at radius 2 is 2.15 bits per heavy atom. The van der Waals surface area contributed by atoms with Crippen molar-refractivity contribution in [1.82, 2.24) is 0 Å². The fraction of sp³-hybridized carbons (Fsp3) is 0.222. The Labute approximate surface area is 74.4 Å². The number of phenols is 1. The molecule has 0 spiro atoms. The third-order valence-electron chi connectivity index (χ3n) is 2.13. The van der Waals surface area contributed by atoms with Gasteiger partial charge in [0.1, 0.15) is 5.75 Å². The highest BCUT2D eigenvalue weighted by molar-refractivity contribution is 5.90. The van der Waals surface area contributed by atoms with Crippen LogP contribution in [0.3, 0.4) is 0 Å². The van der Waals surface area contributed by atoms with Crippen LogP contribution in [-0.2, 0) is 6.42 Å². The van der Waals surface area contributed by atoms with Gasteiger partial charge in [-0.1, -0.05) is 0 Å². The number of hydrogen-bond acceptors (Lipinski definition) is 3. The molecule has 1 amide bonds. The third kappa shape index (κ3) is 1.20. The van der Waals surface area contributed by atoms with Crippen molar-refractivity contribution in [3.05, 3.63) is 34.2 Å².